The summed E-state index contributed by atoms with van der Waals surface area (Å²) in [6.45, 7) is 5.98. The summed E-state index contributed by atoms with van der Waals surface area (Å²) in [5.41, 5.74) is 6.08. The van der Waals surface area contributed by atoms with E-state index >= 15 is 0 Å². The van der Waals surface area contributed by atoms with Gasteiger partial charge in [0.2, 0.25) is 0 Å². The van der Waals surface area contributed by atoms with Gasteiger partial charge in [0.1, 0.15) is 6.34 Å². The summed E-state index contributed by atoms with van der Waals surface area (Å²) in [7, 11) is 0. The Hall–Kier alpha value is -1.94. The van der Waals surface area contributed by atoms with Crippen LogP contribution in [0, 0.1) is 5.41 Å². The van der Waals surface area contributed by atoms with Crippen molar-refractivity contribution in [3.63, 3.8) is 0 Å². The Balaban J connectivity index is 2.75. The number of benzene rings is 1. The second-order valence-corrected chi connectivity index (χ2v) is 5.99. The van der Waals surface area contributed by atoms with E-state index in [0.717, 1.165) is 5.56 Å². The first-order valence-electron chi connectivity index (χ1n) is 7.10. The molecule has 0 bridgehead atoms. The maximum absolute atomic E-state index is 10.4. The molecule has 4 heteroatoms. The van der Waals surface area contributed by atoms with Crippen molar-refractivity contribution in [2.24, 2.45) is 21.1 Å². The number of rotatable bonds is 6. The van der Waals surface area contributed by atoms with Crippen LogP contribution in [0.15, 0.2) is 46.4 Å². The van der Waals surface area contributed by atoms with Gasteiger partial charge in [0.15, 0.2) is 0 Å². The number of aliphatic hydroxyl groups is 1. The molecule has 21 heavy (non-hydrogen) atoms. The quantitative estimate of drug-likeness (QED) is 0.624. The van der Waals surface area contributed by atoms with Gasteiger partial charge in [-0.05, 0) is 17.4 Å². The minimum absolute atomic E-state index is 0.241. The fraction of sp³-hybridized carbons (Fsp3) is 0.412. The lowest BCUT2D eigenvalue weighted by molar-refractivity contribution is 0.0422. The summed E-state index contributed by atoms with van der Waals surface area (Å²) in [6.07, 6.45) is 6.73. The zero-order valence-electron chi connectivity index (χ0n) is 13.0. The molecule has 0 aliphatic rings. The zero-order valence-corrected chi connectivity index (χ0v) is 13.0. The summed E-state index contributed by atoms with van der Waals surface area (Å²) in [5.74, 6) is 0. The van der Waals surface area contributed by atoms with Gasteiger partial charge in [0.05, 0.1) is 18.5 Å². The molecule has 1 aromatic carbocycles. The van der Waals surface area contributed by atoms with Gasteiger partial charge in [0, 0.05) is 0 Å². The lowest BCUT2D eigenvalue weighted by Crippen LogP contribution is -2.36. The number of aliphatic imine (C=N–C) groups is 2. The predicted molar refractivity (Wildman–Crippen MR) is 90.5 cm³/mol. The van der Waals surface area contributed by atoms with E-state index in [1.807, 2.05) is 63.3 Å². The molecule has 2 unspecified atom stereocenters. The number of nitrogens with two attached hydrogens (primary N) is 1. The highest BCUT2D eigenvalue weighted by atomic mass is 16.3. The Bertz CT molecular complexity index is 487. The van der Waals surface area contributed by atoms with Crippen molar-refractivity contribution >= 4 is 18.8 Å². The maximum atomic E-state index is 10.4. The fourth-order valence-electron chi connectivity index (χ4n) is 1.92. The Morgan fingerprint density at radius 3 is 2.48 bits per heavy atom. The third-order valence-corrected chi connectivity index (χ3v) is 3.15. The number of aliphatic hydroxyl groups excluding tert-OH is 1. The van der Waals surface area contributed by atoms with E-state index in [-0.39, 0.29) is 11.5 Å². The fourth-order valence-corrected chi connectivity index (χ4v) is 1.92. The minimum Gasteiger partial charge on any atom is -0.390 e. The molecule has 3 N–H and O–H groups in total. The second-order valence-electron chi connectivity index (χ2n) is 5.99. The van der Waals surface area contributed by atoms with E-state index in [1.54, 1.807) is 0 Å². The molecular formula is C17H25N3O. The van der Waals surface area contributed by atoms with Crippen molar-refractivity contribution in [2.45, 2.75) is 39.3 Å². The van der Waals surface area contributed by atoms with E-state index in [0.29, 0.717) is 6.42 Å². The average molecular weight is 287 g/mol. The van der Waals surface area contributed by atoms with Gasteiger partial charge in [-0.15, -0.1) is 0 Å². The predicted octanol–water partition coefficient (Wildman–Crippen LogP) is 2.88. The van der Waals surface area contributed by atoms with Gasteiger partial charge < -0.3 is 10.8 Å². The molecule has 0 spiro atoms. The summed E-state index contributed by atoms with van der Waals surface area (Å²) in [5, 5.41) is 10.4. The molecule has 0 amide bonds. The zero-order chi connectivity index (χ0) is 15.7. The Kier molecular flexibility index (Phi) is 6.82. The van der Waals surface area contributed by atoms with E-state index in [9.17, 15) is 5.11 Å². The molecule has 2 atom stereocenters. The van der Waals surface area contributed by atoms with E-state index in [1.165, 1.54) is 12.7 Å². The van der Waals surface area contributed by atoms with Crippen molar-refractivity contribution in [2.75, 3.05) is 0 Å². The van der Waals surface area contributed by atoms with Crippen molar-refractivity contribution in [3.05, 3.63) is 42.0 Å². The van der Waals surface area contributed by atoms with E-state index in [4.69, 9.17) is 5.73 Å². The van der Waals surface area contributed by atoms with Crippen LogP contribution < -0.4 is 5.73 Å². The molecular weight excluding hydrogens is 262 g/mol. The first kappa shape index (κ1) is 17.1. The molecule has 4 nitrogen and oxygen atoms in total. The third kappa shape index (κ3) is 6.36. The van der Waals surface area contributed by atoms with E-state index in [2.05, 4.69) is 9.98 Å². The second kappa shape index (κ2) is 8.37. The van der Waals surface area contributed by atoms with Crippen LogP contribution in [-0.2, 0) is 0 Å². The highest BCUT2D eigenvalue weighted by Gasteiger charge is 2.29. The summed E-state index contributed by atoms with van der Waals surface area (Å²) in [4.78, 5) is 8.08. The standard InChI is InChI=1S/C17H25N3O/c1-17(2,3)16(21)15(20-13-19-12-18)11-7-10-14-8-5-4-6-9-14/h4-10,12-13,15-16,21H,11H2,1-3H3,(H2,18,19,20). The molecule has 0 heterocycles. The van der Waals surface area contributed by atoms with Crippen LogP contribution in [-0.4, -0.2) is 29.9 Å². The Morgan fingerprint density at radius 1 is 1.24 bits per heavy atom. The average Bonchev–Trinajstić information content (AvgIpc) is 2.45. The van der Waals surface area contributed by atoms with Crippen LogP contribution in [0.5, 0.6) is 0 Å². The number of nitrogens with zero attached hydrogens (tertiary/aromatic N) is 2. The lowest BCUT2D eigenvalue weighted by Gasteiger charge is -2.30. The molecule has 0 fully saturated rings. The van der Waals surface area contributed by atoms with E-state index < -0.39 is 6.10 Å². The van der Waals surface area contributed by atoms with Crippen LogP contribution in [0.3, 0.4) is 0 Å². The van der Waals surface area contributed by atoms with Crippen LogP contribution in [0.4, 0.5) is 0 Å². The van der Waals surface area contributed by atoms with Crippen molar-refractivity contribution in [3.8, 4) is 0 Å². The summed E-state index contributed by atoms with van der Waals surface area (Å²) in [6, 6.07) is 9.80. The molecule has 0 saturated carbocycles. The topological polar surface area (TPSA) is 71.0 Å². The molecule has 0 radical (unpaired) electrons. The van der Waals surface area contributed by atoms with Crippen LogP contribution in [0.25, 0.3) is 6.08 Å². The molecule has 0 saturated heterocycles. The van der Waals surface area contributed by atoms with Crippen LogP contribution in [0.2, 0.25) is 0 Å². The molecule has 1 aromatic rings. The third-order valence-electron chi connectivity index (χ3n) is 3.15. The lowest BCUT2D eigenvalue weighted by atomic mass is 9.84. The van der Waals surface area contributed by atoms with Crippen molar-refractivity contribution < 1.29 is 5.11 Å². The van der Waals surface area contributed by atoms with Crippen molar-refractivity contribution in [1.29, 1.82) is 0 Å². The summed E-state index contributed by atoms with van der Waals surface area (Å²) < 4.78 is 0. The van der Waals surface area contributed by atoms with Gasteiger partial charge in [-0.2, -0.15) is 0 Å². The van der Waals surface area contributed by atoms with Gasteiger partial charge in [-0.1, -0.05) is 63.3 Å². The number of hydrogen-bond acceptors (Lipinski definition) is 2. The SMILES string of the molecule is CC(C)(C)C(O)C(CC=Cc1ccccc1)N=CN=CN. The van der Waals surface area contributed by atoms with Crippen LogP contribution >= 0.6 is 0 Å². The highest BCUT2D eigenvalue weighted by molar-refractivity contribution is 5.69. The van der Waals surface area contributed by atoms with Crippen molar-refractivity contribution in [1.82, 2.24) is 0 Å². The van der Waals surface area contributed by atoms with Gasteiger partial charge in [0.25, 0.3) is 0 Å². The smallest absolute Gasteiger partial charge is 0.112 e. The summed E-state index contributed by atoms with van der Waals surface area (Å²) >= 11 is 0. The molecule has 114 valence electrons. The molecule has 0 aliphatic heterocycles. The maximum Gasteiger partial charge on any atom is 0.112 e. The molecule has 0 aliphatic carbocycles. The first-order chi connectivity index (χ1) is 9.95. The minimum atomic E-state index is -0.554. The van der Waals surface area contributed by atoms with Gasteiger partial charge >= 0.3 is 0 Å². The van der Waals surface area contributed by atoms with Gasteiger partial charge in [-0.3, -0.25) is 4.99 Å². The Labute approximate surface area is 127 Å². The first-order valence-corrected chi connectivity index (χ1v) is 7.10. The molecule has 0 aromatic heterocycles. The van der Waals surface area contributed by atoms with Crippen LogP contribution in [0.1, 0.15) is 32.8 Å². The monoisotopic (exact) mass is 287 g/mol. The normalized spacial score (nSPS) is 16.0. The highest BCUT2D eigenvalue weighted by Crippen LogP contribution is 2.25. The Morgan fingerprint density at radius 2 is 1.90 bits per heavy atom. The largest absolute Gasteiger partial charge is 0.390 e. The number of hydrogen-bond donors (Lipinski definition) is 2. The molecule has 1 rings (SSSR count). The van der Waals surface area contributed by atoms with Gasteiger partial charge in [-0.25, -0.2) is 4.99 Å².